The first kappa shape index (κ1) is 21.4. The first-order valence-corrected chi connectivity index (χ1v) is 10.9. The van der Waals surface area contributed by atoms with Gasteiger partial charge in [0.15, 0.2) is 0 Å². The van der Waals surface area contributed by atoms with Crippen LogP contribution in [0.4, 0.5) is 4.79 Å². The van der Waals surface area contributed by atoms with Crippen LogP contribution >= 0.6 is 39.3 Å². The van der Waals surface area contributed by atoms with E-state index in [4.69, 9.17) is 16.0 Å². The van der Waals surface area contributed by atoms with Gasteiger partial charge in [0.25, 0.3) is 11.1 Å². The lowest BCUT2D eigenvalue weighted by Crippen LogP contribution is -2.27. The maximum Gasteiger partial charge on any atom is 0.335 e. The van der Waals surface area contributed by atoms with Crippen molar-refractivity contribution in [3.63, 3.8) is 0 Å². The Morgan fingerprint density at radius 2 is 1.97 bits per heavy atom. The number of carbonyl (C=O) groups is 3. The first-order chi connectivity index (χ1) is 14.8. The Kier molecular flexibility index (Phi) is 6.04. The molecule has 1 saturated heterocycles. The molecule has 0 radical (unpaired) electrons. The molecular formula is C22H13BrClNO5S. The smallest absolute Gasteiger partial charge is 0.335 e. The summed E-state index contributed by atoms with van der Waals surface area (Å²) in [7, 11) is 0. The van der Waals surface area contributed by atoms with Crippen LogP contribution in [0, 0.1) is 0 Å². The van der Waals surface area contributed by atoms with Gasteiger partial charge in [-0.3, -0.25) is 14.5 Å². The average molecular weight is 519 g/mol. The minimum Gasteiger partial charge on any atom is -0.478 e. The second-order valence-corrected chi connectivity index (χ2v) is 8.92. The summed E-state index contributed by atoms with van der Waals surface area (Å²) in [4.78, 5) is 37.7. The van der Waals surface area contributed by atoms with E-state index in [2.05, 4.69) is 15.9 Å². The molecule has 31 heavy (non-hydrogen) atoms. The molecule has 6 nitrogen and oxygen atoms in total. The number of carbonyl (C=O) groups excluding carboxylic acids is 2. The lowest BCUT2D eigenvalue weighted by atomic mass is 10.1. The Hall–Kier alpha value is -2.81. The van der Waals surface area contributed by atoms with Crippen molar-refractivity contribution in [2.24, 2.45) is 0 Å². The second kappa shape index (κ2) is 8.74. The number of rotatable bonds is 5. The topological polar surface area (TPSA) is 87.8 Å². The number of carboxylic acids is 1. The third-order valence-electron chi connectivity index (χ3n) is 4.48. The number of hydrogen-bond acceptors (Lipinski definition) is 5. The maximum absolute atomic E-state index is 12.7. The Bertz CT molecular complexity index is 1250. The van der Waals surface area contributed by atoms with Crippen LogP contribution in [0.25, 0.3) is 17.4 Å². The molecule has 0 aliphatic carbocycles. The Morgan fingerprint density at radius 3 is 2.71 bits per heavy atom. The van der Waals surface area contributed by atoms with Crippen LogP contribution in [-0.2, 0) is 11.3 Å². The fourth-order valence-corrected chi connectivity index (χ4v) is 4.48. The van der Waals surface area contributed by atoms with Crippen molar-refractivity contribution in [1.29, 1.82) is 0 Å². The number of furan rings is 1. The van der Waals surface area contributed by atoms with E-state index in [1.807, 2.05) is 24.3 Å². The molecular weight excluding hydrogens is 506 g/mol. The van der Waals surface area contributed by atoms with E-state index in [9.17, 15) is 19.5 Å². The van der Waals surface area contributed by atoms with Crippen LogP contribution in [0.5, 0.6) is 0 Å². The van der Waals surface area contributed by atoms with E-state index in [1.165, 1.54) is 29.2 Å². The standard InChI is InChI=1S/C22H13BrClNO5S/c23-14-3-1-2-12(8-14)11-25-20(26)19(31-22(25)29)10-15-5-7-18(30-15)16-9-13(21(27)28)4-6-17(16)24/h1-10H,11H2,(H,27,28)/b19-10-. The number of carboxylic acid groups (broad SMARTS) is 1. The van der Waals surface area contributed by atoms with Crippen molar-refractivity contribution in [2.45, 2.75) is 6.54 Å². The molecule has 156 valence electrons. The SMILES string of the molecule is O=C(O)c1ccc(Cl)c(-c2ccc(/C=C3\SC(=O)N(Cc4cccc(Br)c4)C3=O)o2)c1. The molecule has 4 rings (SSSR count). The number of halogens is 2. The molecule has 1 fully saturated rings. The van der Waals surface area contributed by atoms with Gasteiger partial charge in [-0.05, 0) is 59.8 Å². The zero-order valence-corrected chi connectivity index (χ0v) is 18.8. The zero-order chi connectivity index (χ0) is 22.1. The van der Waals surface area contributed by atoms with Gasteiger partial charge in [0.1, 0.15) is 11.5 Å². The van der Waals surface area contributed by atoms with Gasteiger partial charge in [-0.2, -0.15) is 0 Å². The second-order valence-electron chi connectivity index (χ2n) is 6.60. The molecule has 0 saturated carbocycles. The first-order valence-electron chi connectivity index (χ1n) is 8.94. The highest BCUT2D eigenvalue weighted by Gasteiger charge is 2.35. The van der Waals surface area contributed by atoms with E-state index in [-0.39, 0.29) is 22.3 Å². The highest BCUT2D eigenvalue weighted by Crippen LogP contribution is 2.35. The number of imide groups is 1. The Morgan fingerprint density at radius 1 is 1.16 bits per heavy atom. The molecule has 0 atom stereocenters. The van der Waals surface area contributed by atoms with E-state index in [0.717, 1.165) is 21.8 Å². The monoisotopic (exact) mass is 517 g/mol. The highest BCUT2D eigenvalue weighted by molar-refractivity contribution is 9.10. The zero-order valence-electron chi connectivity index (χ0n) is 15.7. The molecule has 2 aromatic carbocycles. The third-order valence-corrected chi connectivity index (χ3v) is 6.21. The van der Waals surface area contributed by atoms with Gasteiger partial charge in [0.05, 0.1) is 22.0 Å². The summed E-state index contributed by atoms with van der Waals surface area (Å²) >= 11 is 10.4. The molecule has 3 aromatic rings. The molecule has 9 heteroatoms. The maximum atomic E-state index is 12.7. The van der Waals surface area contributed by atoms with Crippen molar-refractivity contribution < 1.29 is 23.9 Å². The normalized spacial score (nSPS) is 15.2. The van der Waals surface area contributed by atoms with Gasteiger partial charge in [0, 0.05) is 16.1 Å². The van der Waals surface area contributed by atoms with Gasteiger partial charge in [-0.25, -0.2) is 4.79 Å². The van der Waals surface area contributed by atoms with Crippen LogP contribution in [-0.4, -0.2) is 27.1 Å². The lowest BCUT2D eigenvalue weighted by Gasteiger charge is -2.12. The number of aromatic carboxylic acids is 1. The summed E-state index contributed by atoms with van der Waals surface area (Å²) in [6, 6.07) is 14.9. The van der Waals surface area contributed by atoms with Gasteiger partial charge in [-0.15, -0.1) is 0 Å². The molecule has 0 spiro atoms. The van der Waals surface area contributed by atoms with Crippen LogP contribution < -0.4 is 0 Å². The largest absolute Gasteiger partial charge is 0.478 e. The minimum atomic E-state index is -1.08. The molecule has 0 bridgehead atoms. The molecule has 1 aromatic heterocycles. The molecule has 2 heterocycles. The number of thioether (sulfide) groups is 1. The van der Waals surface area contributed by atoms with Gasteiger partial charge in [-0.1, -0.05) is 39.7 Å². The van der Waals surface area contributed by atoms with Gasteiger partial charge < -0.3 is 9.52 Å². The number of hydrogen-bond donors (Lipinski definition) is 1. The Balaban J connectivity index is 1.57. The molecule has 2 amide bonds. The predicted molar refractivity (Wildman–Crippen MR) is 122 cm³/mol. The van der Waals surface area contributed by atoms with Crippen LogP contribution in [0.1, 0.15) is 21.7 Å². The van der Waals surface area contributed by atoms with E-state index < -0.39 is 11.9 Å². The van der Waals surface area contributed by atoms with Gasteiger partial charge in [0.2, 0.25) is 0 Å². The fraction of sp³-hybridized carbons (Fsp3) is 0.0455. The average Bonchev–Trinajstić information content (AvgIpc) is 3.28. The summed E-state index contributed by atoms with van der Waals surface area (Å²) in [5.74, 6) is -0.782. The van der Waals surface area contributed by atoms with Crippen molar-refractivity contribution in [3.8, 4) is 11.3 Å². The summed E-state index contributed by atoms with van der Waals surface area (Å²) in [5, 5.41) is 9.15. The van der Waals surface area contributed by atoms with E-state index in [1.54, 1.807) is 12.1 Å². The molecule has 1 N–H and O–H groups in total. The van der Waals surface area contributed by atoms with Crippen molar-refractivity contribution in [3.05, 3.63) is 85.9 Å². The summed E-state index contributed by atoms with van der Waals surface area (Å²) in [5.41, 5.74) is 1.32. The molecule has 1 aliphatic rings. The molecule has 0 unspecified atom stereocenters. The van der Waals surface area contributed by atoms with Crippen molar-refractivity contribution in [2.75, 3.05) is 0 Å². The van der Waals surface area contributed by atoms with Crippen LogP contribution in [0.3, 0.4) is 0 Å². The van der Waals surface area contributed by atoms with Crippen LogP contribution in [0.2, 0.25) is 5.02 Å². The van der Waals surface area contributed by atoms with Gasteiger partial charge >= 0.3 is 5.97 Å². The fourth-order valence-electron chi connectivity index (χ4n) is 3.01. The molecule has 1 aliphatic heterocycles. The predicted octanol–water partition coefficient (Wildman–Crippen LogP) is 6.30. The quantitative estimate of drug-likeness (QED) is 0.399. The van der Waals surface area contributed by atoms with Crippen molar-refractivity contribution in [1.82, 2.24) is 4.90 Å². The number of nitrogens with zero attached hydrogens (tertiary/aromatic N) is 1. The van der Waals surface area contributed by atoms with E-state index in [0.29, 0.717) is 22.1 Å². The summed E-state index contributed by atoms with van der Waals surface area (Å²) in [6.07, 6.45) is 1.49. The number of benzene rings is 2. The number of amides is 2. The third kappa shape index (κ3) is 4.61. The minimum absolute atomic E-state index is 0.0750. The summed E-state index contributed by atoms with van der Waals surface area (Å²) in [6.45, 7) is 0.169. The highest BCUT2D eigenvalue weighted by atomic mass is 79.9. The Labute approximate surface area is 194 Å². The van der Waals surface area contributed by atoms with Crippen LogP contribution in [0.15, 0.2) is 68.4 Å². The lowest BCUT2D eigenvalue weighted by molar-refractivity contribution is -0.123. The summed E-state index contributed by atoms with van der Waals surface area (Å²) < 4.78 is 6.61. The van der Waals surface area contributed by atoms with Crippen molar-refractivity contribution >= 4 is 62.5 Å². The van der Waals surface area contributed by atoms with E-state index >= 15 is 0 Å².